The molecule has 0 radical (unpaired) electrons. The van der Waals surface area contributed by atoms with E-state index in [1.54, 1.807) is 6.92 Å². The number of hydrogen-bond donors (Lipinski definition) is 2. The highest BCUT2D eigenvalue weighted by Gasteiger charge is 2.32. The van der Waals surface area contributed by atoms with Gasteiger partial charge in [0.1, 0.15) is 0 Å². The fraction of sp³-hybridized carbons (Fsp3) is 0.875. The lowest BCUT2D eigenvalue weighted by molar-refractivity contribution is -0.150. The van der Waals surface area contributed by atoms with E-state index in [1.807, 2.05) is 6.92 Å². The van der Waals surface area contributed by atoms with Gasteiger partial charge in [0.15, 0.2) is 0 Å². The minimum absolute atomic E-state index is 0.528. The molecule has 3 heteroatoms. The average molecular weight is 160 g/mol. The smallest absolute Gasteiger partial charge is 0.309 e. The highest BCUT2D eigenvalue weighted by Crippen LogP contribution is 2.22. The molecule has 0 saturated heterocycles. The van der Waals surface area contributed by atoms with Gasteiger partial charge < -0.3 is 10.2 Å². The van der Waals surface area contributed by atoms with Crippen LogP contribution in [-0.4, -0.2) is 21.8 Å². The van der Waals surface area contributed by atoms with E-state index in [-0.39, 0.29) is 0 Å². The van der Waals surface area contributed by atoms with Crippen LogP contribution in [-0.2, 0) is 4.79 Å². The predicted molar refractivity (Wildman–Crippen MR) is 42.3 cm³/mol. The van der Waals surface area contributed by atoms with Crippen LogP contribution in [0.3, 0.4) is 0 Å². The summed E-state index contributed by atoms with van der Waals surface area (Å²) < 4.78 is 0. The lowest BCUT2D eigenvalue weighted by Crippen LogP contribution is -2.37. The zero-order valence-electron chi connectivity index (χ0n) is 7.29. The van der Waals surface area contributed by atoms with E-state index >= 15 is 0 Å². The predicted octanol–water partition coefficient (Wildman–Crippen LogP) is 1.26. The Bertz CT molecular complexity index is 140. The Morgan fingerprint density at radius 1 is 1.64 bits per heavy atom. The second-order valence-corrected chi connectivity index (χ2v) is 3.17. The van der Waals surface area contributed by atoms with Gasteiger partial charge in [-0.3, -0.25) is 4.79 Å². The fourth-order valence-electron chi connectivity index (χ4n) is 0.989. The van der Waals surface area contributed by atoms with E-state index in [4.69, 9.17) is 5.11 Å². The van der Waals surface area contributed by atoms with Gasteiger partial charge in [0.05, 0.1) is 11.5 Å². The summed E-state index contributed by atoms with van der Waals surface area (Å²) in [6, 6.07) is 0. The Labute approximate surface area is 67.0 Å². The Hall–Kier alpha value is -0.570. The zero-order chi connectivity index (χ0) is 9.07. The fourth-order valence-corrected chi connectivity index (χ4v) is 0.989. The molecule has 0 aromatic carbocycles. The number of carbonyl (C=O) groups is 1. The third kappa shape index (κ3) is 2.89. The summed E-state index contributed by atoms with van der Waals surface area (Å²) in [5, 5.41) is 18.2. The van der Waals surface area contributed by atoms with E-state index in [0.717, 1.165) is 6.42 Å². The van der Waals surface area contributed by atoms with Crippen LogP contribution >= 0.6 is 0 Å². The lowest BCUT2D eigenvalue weighted by Gasteiger charge is -2.26. The summed E-state index contributed by atoms with van der Waals surface area (Å²) in [5.41, 5.74) is -1.07. The van der Waals surface area contributed by atoms with Crippen LogP contribution in [0.15, 0.2) is 0 Å². The van der Waals surface area contributed by atoms with Crippen LogP contribution in [0.4, 0.5) is 0 Å². The quantitative estimate of drug-likeness (QED) is 0.651. The van der Waals surface area contributed by atoms with Crippen molar-refractivity contribution in [3.63, 3.8) is 0 Å². The van der Waals surface area contributed by atoms with Crippen molar-refractivity contribution >= 4 is 5.97 Å². The van der Waals surface area contributed by atoms with Gasteiger partial charge in [0.2, 0.25) is 0 Å². The molecule has 0 saturated carbocycles. The number of aliphatic hydroxyl groups is 1. The normalized spacial score (nSPS) is 18.9. The molecule has 2 N–H and O–H groups in total. The molecule has 2 unspecified atom stereocenters. The summed E-state index contributed by atoms with van der Waals surface area (Å²) in [7, 11) is 0. The summed E-state index contributed by atoms with van der Waals surface area (Å²) in [4.78, 5) is 10.5. The molecule has 0 heterocycles. The first kappa shape index (κ1) is 10.4. The second-order valence-electron chi connectivity index (χ2n) is 3.17. The van der Waals surface area contributed by atoms with Crippen molar-refractivity contribution in [2.75, 3.05) is 0 Å². The third-order valence-electron chi connectivity index (χ3n) is 2.06. The number of aliphatic carboxylic acids is 1. The maximum Gasteiger partial charge on any atom is 0.309 e. The molecule has 0 bridgehead atoms. The second kappa shape index (κ2) is 3.72. The molecule has 66 valence electrons. The maximum atomic E-state index is 10.5. The van der Waals surface area contributed by atoms with Crippen LogP contribution in [0.1, 0.15) is 33.6 Å². The number of hydrogen-bond acceptors (Lipinski definition) is 2. The molecule has 0 aliphatic carbocycles. The topological polar surface area (TPSA) is 57.5 Å². The van der Waals surface area contributed by atoms with Gasteiger partial charge in [0.25, 0.3) is 0 Å². The first-order chi connectivity index (χ1) is 4.91. The van der Waals surface area contributed by atoms with Crippen LogP contribution in [0.2, 0.25) is 0 Å². The van der Waals surface area contributed by atoms with Crippen molar-refractivity contribution in [1.82, 2.24) is 0 Å². The van der Waals surface area contributed by atoms with Crippen molar-refractivity contribution in [3.05, 3.63) is 0 Å². The molecule has 11 heavy (non-hydrogen) atoms. The van der Waals surface area contributed by atoms with Crippen molar-refractivity contribution in [2.24, 2.45) is 5.92 Å². The van der Waals surface area contributed by atoms with Crippen molar-refractivity contribution in [3.8, 4) is 0 Å². The van der Waals surface area contributed by atoms with Gasteiger partial charge in [-0.2, -0.15) is 0 Å². The first-order valence-electron chi connectivity index (χ1n) is 3.87. The van der Waals surface area contributed by atoms with E-state index in [0.29, 0.717) is 6.42 Å². The van der Waals surface area contributed by atoms with Gasteiger partial charge in [0, 0.05) is 0 Å². The minimum Gasteiger partial charge on any atom is -0.481 e. The molecule has 0 amide bonds. The monoisotopic (exact) mass is 160 g/mol. The van der Waals surface area contributed by atoms with Crippen LogP contribution < -0.4 is 0 Å². The lowest BCUT2D eigenvalue weighted by atomic mass is 9.87. The minimum atomic E-state index is -1.07. The van der Waals surface area contributed by atoms with Crippen molar-refractivity contribution < 1.29 is 15.0 Å². The van der Waals surface area contributed by atoms with E-state index in [2.05, 4.69) is 0 Å². The number of carboxylic acids is 1. The van der Waals surface area contributed by atoms with E-state index in [9.17, 15) is 9.90 Å². The molecule has 3 nitrogen and oxygen atoms in total. The summed E-state index contributed by atoms with van der Waals surface area (Å²) in [5.74, 6) is -1.63. The van der Waals surface area contributed by atoms with Gasteiger partial charge in [-0.25, -0.2) is 0 Å². The molecule has 0 rings (SSSR count). The Balaban J connectivity index is 4.16. The number of carboxylic acid groups (broad SMARTS) is 1. The first-order valence-corrected chi connectivity index (χ1v) is 3.87. The molecular formula is C8H16O3. The van der Waals surface area contributed by atoms with Crippen molar-refractivity contribution in [1.29, 1.82) is 0 Å². The van der Waals surface area contributed by atoms with Crippen LogP contribution in [0.25, 0.3) is 0 Å². The summed E-state index contributed by atoms with van der Waals surface area (Å²) in [6.45, 7) is 5.01. The van der Waals surface area contributed by atoms with Crippen molar-refractivity contribution in [2.45, 2.75) is 39.2 Å². The standard InChI is InChI=1S/C8H16O3/c1-4-5-8(3,11)6(2)7(9)10/h6,11H,4-5H2,1-3H3,(H,9,10). The SMILES string of the molecule is CCCC(C)(O)C(C)C(=O)O. The third-order valence-corrected chi connectivity index (χ3v) is 2.06. The van der Waals surface area contributed by atoms with Gasteiger partial charge in [-0.05, 0) is 20.3 Å². The Morgan fingerprint density at radius 2 is 2.09 bits per heavy atom. The van der Waals surface area contributed by atoms with Gasteiger partial charge in [-0.15, -0.1) is 0 Å². The molecule has 2 atom stereocenters. The zero-order valence-corrected chi connectivity index (χ0v) is 7.29. The Kier molecular flexibility index (Phi) is 3.52. The number of rotatable bonds is 4. The molecule has 0 aromatic heterocycles. The van der Waals surface area contributed by atoms with E-state index in [1.165, 1.54) is 6.92 Å². The maximum absolute atomic E-state index is 10.5. The van der Waals surface area contributed by atoms with Gasteiger partial charge >= 0.3 is 5.97 Å². The van der Waals surface area contributed by atoms with Gasteiger partial charge in [-0.1, -0.05) is 13.3 Å². The summed E-state index contributed by atoms with van der Waals surface area (Å²) >= 11 is 0. The molecule has 0 spiro atoms. The summed E-state index contributed by atoms with van der Waals surface area (Å²) in [6.07, 6.45) is 1.32. The van der Waals surface area contributed by atoms with E-state index < -0.39 is 17.5 Å². The molecule has 0 aromatic rings. The largest absolute Gasteiger partial charge is 0.481 e. The Morgan fingerprint density at radius 3 is 2.36 bits per heavy atom. The molecule has 0 aliphatic rings. The highest BCUT2D eigenvalue weighted by atomic mass is 16.4. The van der Waals surface area contributed by atoms with Crippen LogP contribution in [0.5, 0.6) is 0 Å². The molecule has 0 fully saturated rings. The molecular weight excluding hydrogens is 144 g/mol. The van der Waals surface area contributed by atoms with Crippen LogP contribution in [0, 0.1) is 5.92 Å². The molecule has 0 aliphatic heterocycles. The highest BCUT2D eigenvalue weighted by molar-refractivity contribution is 5.70. The average Bonchev–Trinajstić information content (AvgIpc) is 1.86.